The second-order valence-corrected chi connectivity index (χ2v) is 6.47. The molecule has 0 saturated carbocycles. The molecule has 0 unspecified atom stereocenters. The lowest BCUT2D eigenvalue weighted by molar-refractivity contribution is -0.137. The van der Waals surface area contributed by atoms with E-state index in [1.165, 1.54) is 0 Å². The maximum absolute atomic E-state index is 12.0. The van der Waals surface area contributed by atoms with E-state index < -0.39 is 5.60 Å². The van der Waals surface area contributed by atoms with Gasteiger partial charge in [0.15, 0.2) is 0 Å². The number of likely N-dealkylation sites (tertiary alicyclic amines) is 1. The summed E-state index contributed by atoms with van der Waals surface area (Å²) in [7, 11) is 1.59. The third-order valence-electron chi connectivity index (χ3n) is 3.76. The van der Waals surface area contributed by atoms with E-state index in [0.29, 0.717) is 13.1 Å². The van der Waals surface area contributed by atoms with Crippen LogP contribution in [0.25, 0.3) is 0 Å². The number of hydrogen-bond donors (Lipinski definition) is 1. The van der Waals surface area contributed by atoms with Gasteiger partial charge in [-0.1, -0.05) is 6.92 Å². The SMILES string of the molecule is CCC1(OCC(=O)NC)CCN(C(=O)OC(C)(C)C)CC1. The Bertz CT molecular complexity index is 368. The molecule has 0 atom stereocenters. The number of ether oxygens (including phenoxy) is 2. The van der Waals surface area contributed by atoms with E-state index in [0.717, 1.165) is 19.3 Å². The average Bonchev–Trinajstić information content (AvgIpc) is 2.43. The maximum atomic E-state index is 12.0. The molecule has 0 radical (unpaired) electrons. The summed E-state index contributed by atoms with van der Waals surface area (Å²) in [6.07, 6.45) is 1.99. The van der Waals surface area contributed by atoms with Crippen molar-refractivity contribution in [2.45, 2.75) is 58.2 Å². The van der Waals surface area contributed by atoms with Crippen molar-refractivity contribution >= 4 is 12.0 Å². The first-order valence-electron chi connectivity index (χ1n) is 7.54. The van der Waals surface area contributed by atoms with Crippen molar-refractivity contribution in [1.29, 1.82) is 0 Å². The highest BCUT2D eigenvalue weighted by Gasteiger charge is 2.37. The molecule has 0 aliphatic carbocycles. The molecule has 0 aromatic carbocycles. The zero-order valence-electron chi connectivity index (χ0n) is 13.8. The van der Waals surface area contributed by atoms with Crippen molar-refractivity contribution in [3.63, 3.8) is 0 Å². The minimum Gasteiger partial charge on any atom is -0.444 e. The Morgan fingerprint density at radius 1 is 1.24 bits per heavy atom. The monoisotopic (exact) mass is 300 g/mol. The van der Waals surface area contributed by atoms with Crippen LogP contribution in [0.2, 0.25) is 0 Å². The largest absolute Gasteiger partial charge is 0.444 e. The van der Waals surface area contributed by atoms with Gasteiger partial charge in [0.2, 0.25) is 5.91 Å². The minimum atomic E-state index is -0.480. The standard InChI is InChI=1S/C15H28N2O4/c1-6-15(20-11-12(18)16-5)7-9-17(10-8-15)13(19)21-14(2,3)4/h6-11H2,1-5H3,(H,16,18). The summed E-state index contributed by atoms with van der Waals surface area (Å²) in [5, 5.41) is 2.55. The second-order valence-electron chi connectivity index (χ2n) is 6.47. The number of carbonyl (C=O) groups is 2. The Morgan fingerprint density at radius 3 is 2.24 bits per heavy atom. The molecule has 122 valence electrons. The van der Waals surface area contributed by atoms with Crippen molar-refractivity contribution in [1.82, 2.24) is 10.2 Å². The van der Waals surface area contributed by atoms with Gasteiger partial charge in [-0.15, -0.1) is 0 Å². The third kappa shape index (κ3) is 5.53. The molecule has 1 rings (SSSR count). The molecule has 6 nitrogen and oxygen atoms in total. The predicted molar refractivity (Wildman–Crippen MR) is 80.1 cm³/mol. The molecule has 0 bridgehead atoms. The van der Waals surface area contributed by atoms with Crippen LogP contribution < -0.4 is 5.32 Å². The quantitative estimate of drug-likeness (QED) is 0.861. The highest BCUT2D eigenvalue weighted by atomic mass is 16.6. The smallest absolute Gasteiger partial charge is 0.410 e. The van der Waals surface area contributed by atoms with Crippen LogP contribution in [0.15, 0.2) is 0 Å². The molecule has 1 aliphatic heterocycles. The predicted octanol–water partition coefficient (Wildman–Crippen LogP) is 1.93. The van der Waals surface area contributed by atoms with Gasteiger partial charge in [0.1, 0.15) is 12.2 Å². The van der Waals surface area contributed by atoms with Crippen molar-refractivity contribution in [3.05, 3.63) is 0 Å². The summed E-state index contributed by atoms with van der Waals surface area (Å²) in [5.41, 5.74) is -0.795. The number of rotatable bonds is 4. The summed E-state index contributed by atoms with van der Waals surface area (Å²) < 4.78 is 11.2. The van der Waals surface area contributed by atoms with Crippen LogP contribution in [0.4, 0.5) is 4.79 Å². The normalized spacial score (nSPS) is 18.2. The van der Waals surface area contributed by atoms with E-state index in [4.69, 9.17) is 9.47 Å². The van der Waals surface area contributed by atoms with Crippen molar-refractivity contribution in [2.24, 2.45) is 0 Å². The van der Waals surface area contributed by atoms with Crippen LogP contribution in [0.3, 0.4) is 0 Å². The Kier molecular flexibility index (Phi) is 6.01. The molecule has 0 aromatic heterocycles. The van der Waals surface area contributed by atoms with Gasteiger partial charge in [0.05, 0.1) is 5.60 Å². The first-order chi connectivity index (χ1) is 9.71. The van der Waals surface area contributed by atoms with E-state index in [9.17, 15) is 9.59 Å². The van der Waals surface area contributed by atoms with Crippen molar-refractivity contribution in [2.75, 3.05) is 26.7 Å². The lowest BCUT2D eigenvalue weighted by atomic mass is 9.88. The van der Waals surface area contributed by atoms with Gasteiger partial charge in [-0.3, -0.25) is 4.79 Å². The summed E-state index contributed by atoms with van der Waals surface area (Å²) in [6.45, 7) is 8.88. The molecule has 6 heteroatoms. The molecule has 1 aliphatic rings. The molecule has 1 heterocycles. The summed E-state index contributed by atoms with van der Waals surface area (Å²) in [5.74, 6) is -0.127. The fourth-order valence-electron chi connectivity index (χ4n) is 2.31. The van der Waals surface area contributed by atoms with Gasteiger partial charge < -0.3 is 19.7 Å². The fourth-order valence-corrected chi connectivity index (χ4v) is 2.31. The van der Waals surface area contributed by atoms with E-state index in [2.05, 4.69) is 5.32 Å². The minimum absolute atomic E-state index is 0.0662. The maximum Gasteiger partial charge on any atom is 0.410 e. The molecule has 1 N–H and O–H groups in total. The summed E-state index contributed by atoms with van der Waals surface area (Å²) >= 11 is 0. The number of hydrogen-bond acceptors (Lipinski definition) is 4. The van der Waals surface area contributed by atoms with Crippen LogP contribution in [0.5, 0.6) is 0 Å². The number of nitrogens with one attached hydrogen (secondary N) is 1. The lowest BCUT2D eigenvalue weighted by Crippen LogP contribution is -2.49. The van der Waals surface area contributed by atoms with Crippen LogP contribution in [0.1, 0.15) is 47.0 Å². The fraction of sp³-hybridized carbons (Fsp3) is 0.867. The van der Waals surface area contributed by atoms with Crippen molar-refractivity contribution in [3.8, 4) is 0 Å². The summed E-state index contributed by atoms with van der Waals surface area (Å²) in [6, 6.07) is 0. The number of carbonyl (C=O) groups excluding carboxylic acids is 2. The molecule has 1 fully saturated rings. The van der Waals surface area contributed by atoms with Gasteiger partial charge in [0, 0.05) is 20.1 Å². The molecule has 0 aromatic rings. The molecule has 2 amide bonds. The third-order valence-corrected chi connectivity index (χ3v) is 3.76. The Morgan fingerprint density at radius 2 is 1.81 bits per heavy atom. The average molecular weight is 300 g/mol. The molecular formula is C15H28N2O4. The Balaban J connectivity index is 2.51. The lowest BCUT2D eigenvalue weighted by Gasteiger charge is -2.41. The zero-order chi connectivity index (χ0) is 16.1. The first kappa shape index (κ1) is 17.8. The Labute approximate surface area is 127 Å². The zero-order valence-corrected chi connectivity index (χ0v) is 13.8. The highest BCUT2D eigenvalue weighted by Crippen LogP contribution is 2.30. The van der Waals surface area contributed by atoms with E-state index in [-0.39, 0.29) is 24.2 Å². The van der Waals surface area contributed by atoms with Gasteiger partial charge in [-0.25, -0.2) is 4.79 Å². The number of amides is 2. The number of piperidine rings is 1. The first-order valence-corrected chi connectivity index (χ1v) is 7.54. The van der Waals surface area contributed by atoms with Crippen LogP contribution in [-0.4, -0.2) is 54.8 Å². The van der Waals surface area contributed by atoms with Gasteiger partial charge >= 0.3 is 6.09 Å². The molecule has 0 spiro atoms. The molecular weight excluding hydrogens is 272 g/mol. The Hall–Kier alpha value is -1.30. The van der Waals surface area contributed by atoms with Crippen molar-refractivity contribution < 1.29 is 19.1 Å². The summed E-state index contributed by atoms with van der Waals surface area (Å²) in [4.78, 5) is 25.1. The highest BCUT2D eigenvalue weighted by molar-refractivity contribution is 5.76. The van der Waals surface area contributed by atoms with Crippen LogP contribution >= 0.6 is 0 Å². The van der Waals surface area contributed by atoms with E-state index in [1.54, 1.807) is 11.9 Å². The van der Waals surface area contributed by atoms with Gasteiger partial charge in [-0.05, 0) is 40.0 Å². The molecule has 1 saturated heterocycles. The van der Waals surface area contributed by atoms with Crippen LogP contribution in [-0.2, 0) is 14.3 Å². The van der Waals surface area contributed by atoms with Gasteiger partial charge in [-0.2, -0.15) is 0 Å². The van der Waals surface area contributed by atoms with E-state index in [1.807, 2.05) is 27.7 Å². The molecule has 21 heavy (non-hydrogen) atoms. The number of likely N-dealkylation sites (N-methyl/N-ethyl adjacent to an activating group) is 1. The van der Waals surface area contributed by atoms with E-state index >= 15 is 0 Å². The van der Waals surface area contributed by atoms with Gasteiger partial charge in [0.25, 0.3) is 0 Å². The van der Waals surface area contributed by atoms with Crippen LogP contribution in [0, 0.1) is 0 Å². The number of nitrogens with zero attached hydrogens (tertiary/aromatic N) is 1. The topological polar surface area (TPSA) is 67.9 Å². The second kappa shape index (κ2) is 7.11.